The fourth-order valence-electron chi connectivity index (χ4n) is 4.07. The van der Waals surface area contributed by atoms with Gasteiger partial charge >= 0.3 is 0 Å². The van der Waals surface area contributed by atoms with E-state index in [1.54, 1.807) is 0 Å². The molecule has 1 amide bonds. The molecule has 0 unspecified atom stereocenters. The average Bonchev–Trinajstić information content (AvgIpc) is 3.03. The summed E-state index contributed by atoms with van der Waals surface area (Å²) >= 11 is 0. The second-order valence-electron chi connectivity index (χ2n) is 6.86. The highest BCUT2D eigenvalue weighted by molar-refractivity contribution is 5.84. The van der Waals surface area contributed by atoms with Crippen LogP contribution in [-0.4, -0.2) is 42.6 Å². The van der Waals surface area contributed by atoms with Crippen LogP contribution >= 0.6 is 0 Å². The maximum atomic E-state index is 12.3. The van der Waals surface area contributed by atoms with Crippen molar-refractivity contribution in [2.24, 2.45) is 0 Å². The number of piperidine rings is 1. The molecule has 1 N–H and O–H groups in total. The standard InChI is InChI=1S/C20H24N2O2/c23-20(21-18-10-12-22-11-4-3-7-19(18)22)14-24-17-9-8-15-5-1-2-6-16(15)13-17/h1-2,5-6,8-9,13,18-19H,3-4,7,10-12,14H2,(H,21,23)/t18-,19-/m0/s1. The topological polar surface area (TPSA) is 41.6 Å². The Morgan fingerprint density at radius 2 is 1.96 bits per heavy atom. The van der Waals surface area contributed by atoms with E-state index in [1.807, 2.05) is 30.3 Å². The van der Waals surface area contributed by atoms with E-state index in [0.717, 1.165) is 24.1 Å². The first-order chi connectivity index (χ1) is 11.8. The molecule has 2 aromatic carbocycles. The highest BCUT2D eigenvalue weighted by Crippen LogP contribution is 2.27. The first-order valence-corrected chi connectivity index (χ1v) is 8.95. The molecule has 0 radical (unpaired) electrons. The van der Waals surface area contributed by atoms with Crippen molar-refractivity contribution >= 4 is 16.7 Å². The molecule has 2 aromatic rings. The summed E-state index contributed by atoms with van der Waals surface area (Å²) in [4.78, 5) is 14.8. The van der Waals surface area contributed by atoms with E-state index in [0.29, 0.717) is 6.04 Å². The highest BCUT2D eigenvalue weighted by Gasteiger charge is 2.36. The number of fused-ring (bicyclic) bond motifs is 2. The van der Waals surface area contributed by atoms with Crippen LogP contribution in [0.15, 0.2) is 42.5 Å². The molecule has 126 valence electrons. The number of benzene rings is 2. The molecule has 0 spiro atoms. The van der Waals surface area contributed by atoms with Gasteiger partial charge in [0.1, 0.15) is 5.75 Å². The lowest BCUT2D eigenvalue weighted by molar-refractivity contribution is -0.124. The van der Waals surface area contributed by atoms with Crippen LogP contribution in [0.3, 0.4) is 0 Å². The van der Waals surface area contributed by atoms with Gasteiger partial charge in [-0.25, -0.2) is 0 Å². The number of hydrogen-bond acceptors (Lipinski definition) is 3. The van der Waals surface area contributed by atoms with Crippen molar-refractivity contribution in [2.45, 2.75) is 37.8 Å². The molecule has 2 saturated heterocycles. The van der Waals surface area contributed by atoms with E-state index >= 15 is 0 Å². The van der Waals surface area contributed by atoms with Crippen LogP contribution in [0.2, 0.25) is 0 Å². The molecule has 24 heavy (non-hydrogen) atoms. The van der Waals surface area contributed by atoms with Crippen LogP contribution in [0.4, 0.5) is 0 Å². The van der Waals surface area contributed by atoms with Gasteiger partial charge < -0.3 is 10.1 Å². The van der Waals surface area contributed by atoms with Crippen LogP contribution in [0.1, 0.15) is 25.7 Å². The van der Waals surface area contributed by atoms with Gasteiger partial charge in [-0.15, -0.1) is 0 Å². The Labute approximate surface area is 142 Å². The maximum Gasteiger partial charge on any atom is 0.258 e. The number of amides is 1. The van der Waals surface area contributed by atoms with Crippen LogP contribution in [0.5, 0.6) is 5.75 Å². The van der Waals surface area contributed by atoms with E-state index in [4.69, 9.17) is 4.74 Å². The van der Waals surface area contributed by atoms with Crippen LogP contribution < -0.4 is 10.1 Å². The monoisotopic (exact) mass is 324 g/mol. The molecule has 2 heterocycles. The summed E-state index contributed by atoms with van der Waals surface area (Å²) in [5.74, 6) is 0.732. The number of carbonyl (C=O) groups excluding carboxylic acids is 1. The van der Waals surface area contributed by atoms with Crippen molar-refractivity contribution in [3.8, 4) is 5.75 Å². The smallest absolute Gasteiger partial charge is 0.258 e. The molecule has 4 heteroatoms. The molecule has 2 aliphatic rings. The zero-order valence-corrected chi connectivity index (χ0v) is 13.9. The average molecular weight is 324 g/mol. The van der Waals surface area contributed by atoms with Crippen molar-refractivity contribution in [2.75, 3.05) is 19.7 Å². The molecule has 2 atom stereocenters. The summed E-state index contributed by atoms with van der Waals surface area (Å²) in [7, 11) is 0. The fraction of sp³-hybridized carbons (Fsp3) is 0.450. The summed E-state index contributed by atoms with van der Waals surface area (Å²) in [6.07, 6.45) is 4.84. The summed E-state index contributed by atoms with van der Waals surface area (Å²) in [6, 6.07) is 14.9. The molecular weight excluding hydrogens is 300 g/mol. The highest BCUT2D eigenvalue weighted by atomic mass is 16.5. The third-order valence-electron chi connectivity index (χ3n) is 5.29. The number of nitrogens with one attached hydrogen (secondary N) is 1. The molecule has 4 rings (SSSR count). The van der Waals surface area contributed by atoms with Gasteiger partial charge in [-0.2, -0.15) is 0 Å². The van der Waals surface area contributed by atoms with Crippen molar-refractivity contribution in [3.05, 3.63) is 42.5 Å². The number of nitrogens with zero attached hydrogens (tertiary/aromatic N) is 1. The predicted molar refractivity (Wildman–Crippen MR) is 95.2 cm³/mol. The molecule has 2 fully saturated rings. The van der Waals surface area contributed by atoms with Gasteiger partial charge in [0.05, 0.1) is 0 Å². The Morgan fingerprint density at radius 3 is 2.88 bits per heavy atom. The van der Waals surface area contributed by atoms with E-state index in [2.05, 4.69) is 22.3 Å². The van der Waals surface area contributed by atoms with E-state index in [1.165, 1.54) is 31.2 Å². The van der Waals surface area contributed by atoms with Crippen LogP contribution in [0, 0.1) is 0 Å². The van der Waals surface area contributed by atoms with Crippen molar-refractivity contribution in [3.63, 3.8) is 0 Å². The van der Waals surface area contributed by atoms with Crippen molar-refractivity contribution in [1.29, 1.82) is 0 Å². The number of ether oxygens (including phenoxy) is 1. The summed E-state index contributed by atoms with van der Waals surface area (Å²) < 4.78 is 5.70. The van der Waals surface area contributed by atoms with Gasteiger partial charge in [0.25, 0.3) is 5.91 Å². The minimum absolute atomic E-state index is 0.0133. The minimum atomic E-state index is -0.0133. The Hall–Kier alpha value is -2.07. The van der Waals surface area contributed by atoms with Gasteiger partial charge in [0.15, 0.2) is 6.61 Å². The molecule has 2 aliphatic heterocycles. The lowest BCUT2D eigenvalue weighted by atomic mass is 9.99. The Balaban J connectivity index is 1.32. The molecule has 0 aliphatic carbocycles. The summed E-state index contributed by atoms with van der Waals surface area (Å²) in [5, 5.41) is 5.49. The minimum Gasteiger partial charge on any atom is -0.484 e. The first kappa shape index (κ1) is 15.5. The maximum absolute atomic E-state index is 12.3. The van der Waals surface area contributed by atoms with Gasteiger partial charge in [-0.1, -0.05) is 36.8 Å². The Bertz CT molecular complexity index is 730. The molecule has 0 bridgehead atoms. The van der Waals surface area contributed by atoms with Crippen molar-refractivity contribution < 1.29 is 9.53 Å². The fourth-order valence-corrected chi connectivity index (χ4v) is 4.07. The van der Waals surface area contributed by atoms with E-state index in [9.17, 15) is 4.79 Å². The number of carbonyl (C=O) groups is 1. The zero-order chi connectivity index (χ0) is 16.4. The SMILES string of the molecule is O=C(COc1ccc2ccccc2c1)N[C@H]1CCN2CCCC[C@@H]12. The Morgan fingerprint density at radius 1 is 1.08 bits per heavy atom. The molecule has 0 aromatic heterocycles. The lowest BCUT2D eigenvalue weighted by Crippen LogP contribution is -2.47. The second-order valence-corrected chi connectivity index (χ2v) is 6.86. The predicted octanol–water partition coefficient (Wildman–Crippen LogP) is 2.96. The third-order valence-corrected chi connectivity index (χ3v) is 5.29. The zero-order valence-electron chi connectivity index (χ0n) is 13.9. The van der Waals surface area contributed by atoms with Gasteiger partial charge in [-0.3, -0.25) is 9.69 Å². The van der Waals surface area contributed by atoms with Crippen LogP contribution in [-0.2, 0) is 4.79 Å². The Kier molecular flexibility index (Phi) is 4.39. The first-order valence-electron chi connectivity index (χ1n) is 8.95. The van der Waals surface area contributed by atoms with Gasteiger partial charge in [0.2, 0.25) is 0 Å². The summed E-state index contributed by atoms with van der Waals surface area (Å²) in [5.41, 5.74) is 0. The third kappa shape index (κ3) is 3.24. The molecule has 4 nitrogen and oxygen atoms in total. The van der Waals surface area contributed by atoms with Crippen LogP contribution in [0.25, 0.3) is 10.8 Å². The van der Waals surface area contributed by atoms with E-state index < -0.39 is 0 Å². The van der Waals surface area contributed by atoms with Gasteiger partial charge in [0, 0.05) is 18.6 Å². The van der Waals surface area contributed by atoms with Gasteiger partial charge in [-0.05, 0) is 48.7 Å². The summed E-state index contributed by atoms with van der Waals surface area (Å²) in [6.45, 7) is 2.38. The quantitative estimate of drug-likeness (QED) is 0.940. The molecule has 0 saturated carbocycles. The second kappa shape index (κ2) is 6.81. The van der Waals surface area contributed by atoms with E-state index in [-0.39, 0.29) is 18.6 Å². The number of rotatable bonds is 4. The van der Waals surface area contributed by atoms with Crippen molar-refractivity contribution in [1.82, 2.24) is 10.2 Å². The number of hydrogen-bond donors (Lipinski definition) is 1. The largest absolute Gasteiger partial charge is 0.484 e. The normalized spacial score (nSPS) is 23.8. The molecular formula is C20H24N2O2. The lowest BCUT2D eigenvalue weighted by Gasteiger charge is -2.32.